The number of fused-ring (bicyclic) bond motifs is 1. The van der Waals surface area contributed by atoms with Crippen molar-refractivity contribution in [1.29, 1.82) is 0 Å². The lowest BCUT2D eigenvalue weighted by molar-refractivity contribution is 0.0613. The predicted octanol–water partition coefficient (Wildman–Crippen LogP) is 9.81. The van der Waals surface area contributed by atoms with E-state index in [0.29, 0.717) is 0 Å². The molecule has 3 fully saturated rings. The molecule has 3 saturated carbocycles. The smallest absolute Gasteiger partial charge is 0.0406 e. The summed E-state index contributed by atoms with van der Waals surface area (Å²) in [6.45, 7) is 2.32. The first kappa shape index (κ1) is 22.7. The third-order valence-electron chi connectivity index (χ3n) is 9.26. The zero-order valence-corrected chi connectivity index (χ0v) is 20.2. The monoisotopic (exact) mass is 428 g/mol. The van der Waals surface area contributed by atoms with Crippen molar-refractivity contribution in [3.63, 3.8) is 0 Å². The quantitative estimate of drug-likeness (QED) is 0.361. The minimum Gasteiger partial charge on any atom is -0.0843 e. The second-order valence-electron chi connectivity index (χ2n) is 11.1. The molecule has 0 aliphatic heterocycles. The van der Waals surface area contributed by atoms with Gasteiger partial charge in [0.15, 0.2) is 0 Å². The van der Waals surface area contributed by atoms with Crippen LogP contribution in [0.4, 0.5) is 0 Å². The highest BCUT2D eigenvalue weighted by Gasteiger charge is 2.38. The largest absolute Gasteiger partial charge is 0.0843 e. The van der Waals surface area contributed by atoms with Crippen molar-refractivity contribution in [3.8, 4) is 0 Å². The Hall–Kier alpha value is -0.490. The molecule has 4 unspecified atom stereocenters. The normalized spacial score (nSPS) is 34.5. The van der Waals surface area contributed by atoms with Crippen molar-refractivity contribution in [3.05, 3.63) is 34.9 Å². The fourth-order valence-corrected chi connectivity index (χ4v) is 7.53. The van der Waals surface area contributed by atoms with Gasteiger partial charge in [-0.15, -0.1) is 0 Å². The second kappa shape index (κ2) is 11.4. The zero-order valence-electron chi connectivity index (χ0n) is 19.5. The van der Waals surface area contributed by atoms with E-state index < -0.39 is 0 Å². The molecule has 0 amide bonds. The molecule has 4 rings (SSSR count). The summed E-state index contributed by atoms with van der Waals surface area (Å²) in [6, 6.07) is 8.68. The zero-order chi connectivity index (χ0) is 20.8. The fraction of sp³-hybridized carbons (Fsp3) is 0.793. The van der Waals surface area contributed by atoms with Crippen LogP contribution in [0.25, 0.3) is 0 Å². The van der Waals surface area contributed by atoms with Crippen LogP contribution in [0.3, 0.4) is 0 Å². The molecule has 3 aliphatic rings. The lowest BCUT2D eigenvalue weighted by atomic mass is 9.60. The van der Waals surface area contributed by atoms with Crippen LogP contribution in [0.5, 0.6) is 0 Å². The van der Waals surface area contributed by atoms with Crippen LogP contribution >= 0.6 is 11.6 Å². The summed E-state index contributed by atoms with van der Waals surface area (Å²) in [6.07, 6.45) is 23.9. The van der Waals surface area contributed by atoms with Gasteiger partial charge in [0.25, 0.3) is 0 Å². The van der Waals surface area contributed by atoms with E-state index in [1.165, 1.54) is 69.8 Å². The van der Waals surface area contributed by atoms with Crippen molar-refractivity contribution in [1.82, 2.24) is 0 Å². The van der Waals surface area contributed by atoms with Crippen LogP contribution < -0.4 is 0 Å². The third kappa shape index (κ3) is 6.05. The summed E-state index contributed by atoms with van der Waals surface area (Å²) >= 11 is 6.08. The Bertz CT molecular complexity index is 612. The van der Waals surface area contributed by atoms with Crippen LogP contribution in [0.15, 0.2) is 24.3 Å². The number of hydrogen-bond acceptors (Lipinski definition) is 0. The highest BCUT2D eigenvalue weighted by Crippen LogP contribution is 2.50. The lowest BCUT2D eigenvalue weighted by Gasteiger charge is -2.45. The van der Waals surface area contributed by atoms with Gasteiger partial charge in [0.2, 0.25) is 0 Å². The maximum absolute atomic E-state index is 6.08. The Morgan fingerprint density at radius 1 is 0.667 bits per heavy atom. The molecular weight excluding hydrogens is 384 g/mol. The Morgan fingerprint density at radius 2 is 1.27 bits per heavy atom. The maximum Gasteiger partial charge on any atom is 0.0406 e. The van der Waals surface area contributed by atoms with Gasteiger partial charge in [-0.3, -0.25) is 0 Å². The van der Waals surface area contributed by atoms with Crippen molar-refractivity contribution in [2.75, 3.05) is 0 Å². The van der Waals surface area contributed by atoms with E-state index in [9.17, 15) is 0 Å². The minimum absolute atomic E-state index is 0.780. The third-order valence-corrected chi connectivity index (χ3v) is 9.51. The van der Waals surface area contributed by atoms with Crippen LogP contribution in [-0.4, -0.2) is 0 Å². The van der Waals surface area contributed by atoms with Crippen molar-refractivity contribution in [2.24, 2.45) is 29.6 Å². The van der Waals surface area contributed by atoms with Gasteiger partial charge >= 0.3 is 0 Å². The molecule has 4 atom stereocenters. The highest BCUT2D eigenvalue weighted by atomic mass is 35.5. The number of unbranched alkanes of at least 4 members (excludes halogenated alkanes) is 4. The average molecular weight is 429 g/mol. The summed E-state index contributed by atoms with van der Waals surface area (Å²) < 4.78 is 0. The number of halogens is 1. The fourth-order valence-electron chi connectivity index (χ4n) is 7.41. The summed E-state index contributed by atoms with van der Waals surface area (Å²) in [5, 5.41) is 0.871. The minimum atomic E-state index is 0.780. The first-order valence-corrected chi connectivity index (χ1v) is 13.9. The molecule has 0 bridgehead atoms. The van der Waals surface area contributed by atoms with E-state index >= 15 is 0 Å². The summed E-state index contributed by atoms with van der Waals surface area (Å²) in [7, 11) is 0. The predicted molar refractivity (Wildman–Crippen MR) is 131 cm³/mol. The molecule has 168 valence electrons. The molecule has 0 N–H and O–H groups in total. The van der Waals surface area contributed by atoms with E-state index in [1.807, 2.05) is 0 Å². The second-order valence-corrected chi connectivity index (χ2v) is 11.6. The summed E-state index contributed by atoms with van der Waals surface area (Å²) in [5.41, 5.74) is 1.52. The van der Waals surface area contributed by atoms with Gasteiger partial charge in [0.1, 0.15) is 0 Å². The molecule has 0 radical (unpaired) electrons. The van der Waals surface area contributed by atoms with E-state index in [1.54, 1.807) is 38.5 Å². The van der Waals surface area contributed by atoms with Crippen LogP contribution in [0, 0.1) is 29.6 Å². The average Bonchev–Trinajstić information content (AvgIpc) is 2.79. The molecule has 3 aliphatic carbocycles. The molecule has 0 nitrogen and oxygen atoms in total. The summed E-state index contributed by atoms with van der Waals surface area (Å²) in [4.78, 5) is 0. The Balaban J connectivity index is 1.18. The molecular formula is C29H45Cl. The number of hydrogen-bond donors (Lipinski definition) is 0. The van der Waals surface area contributed by atoms with Gasteiger partial charge in [-0.05, 0) is 111 Å². The van der Waals surface area contributed by atoms with Gasteiger partial charge in [0, 0.05) is 5.02 Å². The molecule has 0 spiro atoms. The molecule has 0 saturated heterocycles. The first-order valence-electron chi connectivity index (χ1n) is 13.5. The molecule has 0 aromatic heterocycles. The molecule has 1 heteroatoms. The van der Waals surface area contributed by atoms with E-state index in [-0.39, 0.29) is 0 Å². The molecule has 1 aromatic rings. The molecule has 0 heterocycles. The van der Waals surface area contributed by atoms with Crippen LogP contribution in [0.1, 0.15) is 121 Å². The number of rotatable bonds is 8. The summed E-state index contributed by atoms with van der Waals surface area (Å²) in [5.74, 6) is 6.07. The Morgan fingerprint density at radius 3 is 2.00 bits per heavy atom. The van der Waals surface area contributed by atoms with Gasteiger partial charge in [0.05, 0.1) is 0 Å². The highest BCUT2D eigenvalue weighted by molar-refractivity contribution is 6.30. The van der Waals surface area contributed by atoms with E-state index in [4.69, 9.17) is 11.6 Å². The maximum atomic E-state index is 6.08. The SMILES string of the molecule is CCCCCCCC1CCC2CC(C3CCC(c4ccc(Cl)cc4)CC3)CCC2C1. The van der Waals surface area contributed by atoms with E-state index in [0.717, 1.165) is 40.5 Å². The topological polar surface area (TPSA) is 0 Å². The van der Waals surface area contributed by atoms with Gasteiger partial charge in [-0.1, -0.05) is 75.6 Å². The molecule has 1 aromatic carbocycles. The van der Waals surface area contributed by atoms with Crippen molar-refractivity contribution >= 4 is 11.6 Å². The van der Waals surface area contributed by atoms with Crippen LogP contribution in [0.2, 0.25) is 5.02 Å². The van der Waals surface area contributed by atoms with Crippen molar-refractivity contribution in [2.45, 2.75) is 116 Å². The number of benzene rings is 1. The van der Waals surface area contributed by atoms with Crippen LogP contribution in [-0.2, 0) is 0 Å². The van der Waals surface area contributed by atoms with Gasteiger partial charge in [-0.2, -0.15) is 0 Å². The van der Waals surface area contributed by atoms with Gasteiger partial charge in [-0.25, -0.2) is 0 Å². The standard InChI is InChI=1S/C29H45Cl/c1-2-3-4-5-6-7-22-8-9-28-21-27(15-14-26(28)20-22)25-12-10-23(11-13-25)24-16-18-29(30)19-17-24/h16-19,22-23,25-28H,2-15,20-21H2,1H3. The molecule has 30 heavy (non-hydrogen) atoms. The lowest BCUT2D eigenvalue weighted by Crippen LogP contribution is -2.34. The van der Waals surface area contributed by atoms with Gasteiger partial charge < -0.3 is 0 Å². The van der Waals surface area contributed by atoms with E-state index in [2.05, 4.69) is 31.2 Å². The Labute approximate surface area is 191 Å². The first-order chi connectivity index (χ1) is 14.7. The van der Waals surface area contributed by atoms with Crippen molar-refractivity contribution < 1.29 is 0 Å². The Kier molecular flexibility index (Phi) is 8.62.